The fourth-order valence-electron chi connectivity index (χ4n) is 2.20. The monoisotopic (exact) mass is 217 g/mol. The lowest BCUT2D eigenvalue weighted by Crippen LogP contribution is -2.01. The molecule has 0 aliphatic carbocycles. The lowest BCUT2D eigenvalue weighted by atomic mass is 10.1. The van der Waals surface area contributed by atoms with Crippen LogP contribution in [-0.4, -0.2) is 16.3 Å². The molecule has 3 rings (SSSR count). The van der Waals surface area contributed by atoms with Crippen LogP contribution in [-0.2, 0) is 13.5 Å². The first kappa shape index (κ1) is 9.39. The van der Waals surface area contributed by atoms with Crippen LogP contribution in [0.5, 0.6) is 0 Å². The van der Waals surface area contributed by atoms with Gasteiger partial charge in [-0.3, -0.25) is 4.68 Å². The van der Waals surface area contributed by atoms with Crippen molar-refractivity contribution in [2.75, 3.05) is 11.9 Å². The minimum atomic E-state index is -0.220. The Morgan fingerprint density at radius 1 is 1.44 bits per heavy atom. The molecule has 0 spiro atoms. The van der Waals surface area contributed by atoms with E-state index in [1.54, 1.807) is 6.07 Å². The molecule has 0 fully saturated rings. The van der Waals surface area contributed by atoms with Gasteiger partial charge in [0.25, 0.3) is 0 Å². The highest BCUT2D eigenvalue weighted by Crippen LogP contribution is 2.32. The third kappa shape index (κ3) is 1.30. The van der Waals surface area contributed by atoms with E-state index in [0.717, 1.165) is 30.0 Å². The number of halogens is 1. The van der Waals surface area contributed by atoms with E-state index in [2.05, 4.69) is 10.4 Å². The Balaban J connectivity index is 2.17. The molecule has 0 atom stereocenters. The van der Waals surface area contributed by atoms with E-state index in [1.807, 2.05) is 17.8 Å². The van der Waals surface area contributed by atoms with E-state index in [1.165, 1.54) is 17.7 Å². The van der Waals surface area contributed by atoms with Crippen molar-refractivity contribution in [3.63, 3.8) is 0 Å². The first-order valence-electron chi connectivity index (χ1n) is 5.31. The smallest absolute Gasteiger partial charge is 0.127 e. The number of aromatic nitrogens is 2. The van der Waals surface area contributed by atoms with Gasteiger partial charge < -0.3 is 5.32 Å². The molecule has 2 heterocycles. The molecule has 1 aromatic carbocycles. The quantitative estimate of drug-likeness (QED) is 0.793. The van der Waals surface area contributed by atoms with Gasteiger partial charge in [0.1, 0.15) is 11.6 Å². The number of benzene rings is 1. The zero-order chi connectivity index (χ0) is 11.1. The lowest BCUT2D eigenvalue weighted by Gasteiger charge is -1.99. The van der Waals surface area contributed by atoms with E-state index in [-0.39, 0.29) is 5.82 Å². The Labute approximate surface area is 92.9 Å². The maximum Gasteiger partial charge on any atom is 0.127 e. The molecule has 1 aliphatic heterocycles. The Hall–Kier alpha value is -1.84. The van der Waals surface area contributed by atoms with Crippen LogP contribution in [0.25, 0.3) is 11.3 Å². The van der Waals surface area contributed by atoms with Gasteiger partial charge in [0.15, 0.2) is 0 Å². The molecule has 0 radical (unpaired) electrons. The van der Waals surface area contributed by atoms with Crippen molar-refractivity contribution >= 4 is 5.82 Å². The molecular weight excluding hydrogens is 205 g/mol. The Bertz CT molecular complexity index is 545. The molecule has 3 nitrogen and oxygen atoms in total. The van der Waals surface area contributed by atoms with Crippen molar-refractivity contribution in [3.05, 3.63) is 35.6 Å². The summed E-state index contributed by atoms with van der Waals surface area (Å²) >= 11 is 0. The zero-order valence-electron chi connectivity index (χ0n) is 9.00. The van der Waals surface area contributed by atoms with Crippen LogP contribution in [0.3, 0.4) is 0 Å². The van der Waals surface area contributed by atoms with Crippen molar-refractivity contribution < 1.29 is 4.39 Å². The predicted octanol–water partition coefficient (Wildman–Crippen LogP) is 2.19. The molecule has 0 saturated carbocycles. The van der Waals surface area contributed by atoms with Gasteiger partial charge in [-0.15, -0.1) is 0 Å². The lowest BCUT2D eigenvalue weighted by molar-refractivity contribution is 0.628. The van der Waals surface area contributed by atoms with E-state index >= 15 is 0 Å². The largest absolute Gasteiger partial charge is 0.370 e. The number of fused-ring (bicyclic) bond motifs is 1. The van der Waals surface area contributed by atoms with Crippen LogP contribution in [0.2, 0.25) is 0 Å². The van der Waals surface area contributed by atoms with Crippen LogP contribution < -0.4 is 5.32 Å². The van der Waals surface area contributed by atoms with Gasteiger partial charge in [0.05, 0.1) is 5.69 Å². The summed E-state index contributed by atoms with van der Waals surface area (Å²) in [6, 6.07) is 6.59. The average Bonchev–Trinajstić information content (AvgIpc) is 2.83. The first-order valence-corrected chi connectivity index (χ1v) is 5.31. The molecule has 0 amide bonds. The zero-order valence-corrected chi connectivity index (χ0v) is 9.00. The van der Waals surface area contributed by atoms with Crippen LogP contribution in [0.4, 0.5) is 10.2 Å². The summed E-state index contributed by atoms with van der Waals surface area (Å²) < 4.78 is 15.0. The second-order valence-corrected chi connectivity index (χ2v) is 3.99. The highest BCUT2D eigenvalue weighted by Gasteiger charge is 2.21. The molecule has 0 unspecified atom stereocenters. The molecule has 2 aromatic rings. The summed E-state index contributed by atoms with van der Waals surface area (Å²) in [5.74, 6) is 0.835. The minimum absolute atomic E-state index is 0.220. The number of hydrogen-bond acceptors (Lipinski definition) is 2. The van der Waals surface area contributed by atoms with Gasteiger partial charge in [0.2, 0.25) is 0 Å². The molecule has 16 heavy (non-hydrogen) atoms. The molecule has 4 heteroatoms. The van der Waals surface area contributed by atoms with Gasteiger partial charge in [-0.1, -0.05) is 12.1 Å². The summed E-state index contributed by atoms with van der Waals surface area (Å²) in [5.41, 5.74) is 2.93. The van der Waals surface area contributed by atoms with Crippen LogP contribution >= 0.6 is 0 Å². The second kappa shape index (κ2) is 3.33. The normalized spacial score (nSPS) is 13.6. The van der Waals surface area contributed by atoms with E-state index in [9.17, 15) is 4.39 Å². The van der Waals surface area contributed by atoms with Crippen molar-refractivity contribution in [2.24, 2.45) is 7.05 Å². The summed E-state index contributed by atoms with van der Waals surface area (Å²) in [5, 5.41) is 7.71. The summed E-state index contributed by atoms with van der Waals surface area (Å²) in [6.45, 7) is 0.934. The number of anilines is 1. The summed E-state index contributed by atoms with van der Waals surface area (Å²) in [7, 11) is 1.90. The number of nitrogens with zero attached hydrogens (tertiary/aromatic N) is 2. The predicted molar refractivity (Wildman–Crippen MR) is 60.8 cm³/mol. The van der Waals surface area contributed by atoms with Gasteiger partial charge in [-0.05, 0) is 18.6 Å². The Morgan fingerprint density at radius 3 is 3.12 bits per heavy atom. The fourth-order valence-corrected chi connectivity index (χ4v) is 2.20. The van der Waals surface area contributed by atoms with Gasteiger partial charge in [0, 0.05) is 24.7 Å². The average molecular weight is 217 g/mol. The van der Waals surface area contributed by atoms with Crippen LogP contribution in [0.15, 0.2) is 24.3 Å². The third-order valence-corrected chi connectivity index (χ3v) is 2.91. The molecule has 1 aromatic heterocycles. The number of aryl methyl sites for hydroxylation is 1. The van der Waals surface area contributed by atoms with E-state index in [4.69, 9.17) is 0 Å². The second-order valence-electron chi connectivity index (χ2n) is 3.99. The topological polar surface area (TPSA) is 29.9 Å². The third-order valence-electron chi connectivity index (χ3n) is 2.91. The Kier molecular flexibility index (Phi) is 1.96. The Morgan fingerprint density at radius 2 is 2.31 bits per heavy atom. The fraction of sp³-hybridized carbons (Fsp3) is 0.250. The van der Waals surface area contributed by atoms with Crippen LogP contribution in [0, 0.1) is 5.82 Å². The summed E-state index contributed by atoms with van der Waals surface area (Å²) in [6.07, 6.45) is 0.953. The first-order chi connectivity index (χ1) is 7.75. The van der Waals surface area contributed by atoms with Crippen molar-refractivity contribution in [1.82, 2.24) is 9.78 Å². The number of hydrogen-bond donors (Lipinski definition) is 1. The molecular formula is C12H12FN3. The molecule has 82 valence electrons. The maximum atomic E-state index is 13.2. The van der Waals surface area contributed by atoms with Crippen LogP contribution in [0.1, 0.15) is 5.56 Å². The van der Waals surface area contributed by atoms with Crippen molar-refractivity contribution in [2.45, 2.75) is 6.42 Å². The molecule has 1 aliphatic rings. The van der Waals surface area contributed by atoms with Crippen molar-refractivity contribution in [3.8, 4) is 11.3 Å². The minimum Gasteiger partial charge on any atom is -0.370 e. The van der Waals surface area contributed by atoms with Gasteiger partial charge >= 0.3 is 0 Å². The molecule has 1 N–H and O–H groups in total. The highest BCUT2D eigenvalue weighted by atomic mass is 19.1. The SMILES string of the molecule is Cn1nc(-c2cccc(F)c2)c2c1NCC2. The highest BCUT2D eigenvalue weighted by molar-refractivity contribution is 5.71. The molecule has 0 saturated heterocycles. The standard InChI is InChI=1S/C12H12FN3/c1-16-12-10(5-6-14-12)11(15-16)8-3-2-4-9(13)7-8/h2-4,7,14H,5-6H2,1H3. The maximum absolute atomic E-state index is 13.2. The number of rotatable bonds is 1. The van der Waals surface area contributed by atoms with Gasteiger partial charge in [-0.25, -0.2) is 4.39 Å². The van der Waals surface area contributed by atoms with E-state index < -0.39 is 0 Å². The molecule has 0 bridgehead atoms. The summed E-state index contributed by atoms with van der Waals surface area (Å²) in [4.78, 5) is 0. The van der Waals surface area contributed by atoms with E-state index in [0.29, 0.717) is 0 Å². The van der Waals surface area contributed by atoms with Crippen molar-refractivity contribution in [1.29, 1.82) is 0 Å². The number of nitrogens with one attached hydrogen (secondary N) is 1. The van der Waals surface area contributed by atoms with Gasteiger partial charge in [-0.2, -0.15) is 5.10 Å².